The Kier molecular flexibility index (Phi) is 11.1. The molecule has 0 radical (unpaired) electrons. The first-order chi connectivity index (χ1) is 1.73. The summed E-state index contributed by atoms with van der Waals surface area (Å²) in [4.78, 5) is 7.84. The van der Waals surface area contributed by atoms with Crippen molar-refractivity contribution in [3.63, 3.8) is 0 Å². The first kappa shape index (κ1) is 9.82. The van der Waals surface area contributed by atoms with Crippen molar-refractivity contribution in [3.8, 4) is 0 Å². The van der Waals surface area contributed by atoms with Crippen LogP contribution in [-0.4, -0.2) is 4.89 Å². The standard InChI is InChI=1S/Mo.H3OPS2/c;1-2(3)4/h;2H,(H2,1,3,4). The van der Waals surface area contributed by atoms with Gasteiger partial charge in [0.1, 0.15) is 6.13 Å². The van der Waals surface area contributed by atoms with E-state index >= 15 is 0 Å². The van der Waals surface area contributed by atoms with Crippen LogP contribution >= 0.6 is 18.4 Å². The van der Waals surface area contributed by atoms with E-state index in [0.29, 0.717) is 0 Å². The maximum absolute atomic E-state index is 7.84. The van der Waals surface area contributed by atoms with Crippen LogP contribution in [0.15, 0.2) is 0 Å². The zero-order valence-electron chi connectivity index (χ0n) is 2.21. The molecular formula is H3MoOPS2. The van der Waals surface area contributed by atoms with E-state index < -0.39 is 6.13 Å². The van der Waals surface area contributed by atoms with E-state index in [9.17, 15) is 0 Å². The molecule has 0 aromatic heterocycles. The molecule has 0 rings (SSSR count). The molecule has 0 saturated carbocycles. The van der Waals surface area contributed by atoms with Gasteiger partial charge in [-0.25, -0.2) is 0 Å². The zero-order chi connectivity index (χ0) is 3.58. The second-order valence-corrected chi connectivity index (χ2v) is 4.19. The van der Waals surface area contributed by atoms with Crippen LogP contribution in [0.25, 0.3) is 0 Å². The Bertz CT molecular complexity index is 32.6. The number of rotatable bonds is 0. The number of hydrogen-bond donors (Lipinski definition) is 2. The predicted octanol–water partition coefficient (Wildman–Crippen LogP) is 0.412. The summed E-state index contributed by atoms with van der Waals surface area (Å²) in [5, 5.41) is 0. The van der Waals surface area contributed by atoms with Gasteiger partial charge >= 0.3 is 0 Å². The van der Waals surface area contributed by atoms with Crippen LogP contribution in [0.4, 0.5) is 0 Å². The fourth-order valence-corrected chi connectivity index (χ4v) is 0. The van der Waals surface area contributed by atoms with Crippen LogP contribution in [0.5, 0.6) is 0 Å². The maximum atomic E-state index is 7.84. The smallest absolute Gasteiger partial charge is 0.101 e. The zero-order valence-corrected chi connectivity index (χ0v) is 6.93. The summed E-state index contributed by atoms with van der Waals surface area (Å²) in [5.41, 5.74) is 0. The third kappa shape index (κ3) is 27.7. The van der Waals surface area contributed by atoms with Crippen LogP contribution < -0.4 is 0 Å². The maximum Gasteiger partial charge on any atom is 0.101 e. The molecule has 0 heterocycles. The Labute approximate surface area is 56.1 Å². The first-order valence-electron chi connectivity index (χ1n) is 0.651. The molecule has 32 valence electrons. The normalized spacial score (nSPS) is 12.4. The van der Waals surface area contributed by atoms with Crippen molar-refractivity contribution in [2.24, 2.45) is 0 Å². The average Bonchev–Trinajstić information content (AvgIpc) is 0.811. The molecule has 0 aromatic rings. The minimum absolute atomic E-state index is 0. The molecule has 0 spiro atoms. The number of hydrogen-bond acceptors (Lipinski definition) is 1. The van der Waals surface area contributed by atoms with Crippen molar-refractivity contribution in [1.29, 1.82) is 0 Å². The molecule has 0 aliphatic carbocycles. The summed E-state index contributed by atoms with van der Waals surface area (Å²) in [7, 11) is 0. The molecule has 0 amide bonds. The molecule has 0 aliphatic heterocycles. The van der Waals surface area contributed by atoms with E-state index in [1.54, 1.807) is 0 Å². The minimum Gasteiger partial charge on any atom is -0.359 e. The van der Waals surface area contributed by atoms with Crippen molar-refractivity contribution in [1.82, 2.24) is 0 Å². The van der Waals surface area contributed by atoms with Crippen LogP contribution in [0, 0.1) is 0 Å². The predicted molar refractivity (Wildman–Crippen MR) is 26.9 cm³/mol. The summed E-state index contributed by atoms with van der Waals surface area (Å²) in [6.45, 7) is 0. The van der Waals surface area contributed by atoms with E-state index in [-0.39, 0.29) is 21.1 Å². The minimum atomic E-state index is -1.60. The van der Waals surface area contributed by atoms with E-state index in [0.717, 1.165) is 0 Å². The van der Waals surface area contributed by atoms with Crippen molar-refractivity contribution in [2.45, 2.75) is 0 Å². The fraction of sp³-hybridized carbons (Fsp3) is 0. The molecule has 0 aliphatic rings. The first-order valence-corrected chi connectivity index (χ1v) is 4.52. The van der Waals surface area contributed by atoms with Gasteiger partial charge in [-0.2, -0.15) is 0 Å². The Morgan fingerprint density at radius 3 is 1.80 bits per heavy atom. The molecule has 1 atom stereocenters. The second kappa shape index (κ2) is 5.65. The fourth-order valence-electron chi connectivity index (χ4n) is 0. The van der Waals surface area contributed by atoms with Gasteiger partial charge in [-0.05, 0) is 0 Å². The van der Waals surface area contributed by atoms with Crippen LogP contribution in [0.3, 0.4) is 0 Å². The Morgan fingerprint density at radius 2 is 1.80 bits per heavy atom. The molecule has 1 N–H and O–H groups in total. The van der Waals surface area contributed by atoms with Crippen LogP contribution in [0.1, 0.15) is 0 Å². The summed E-state index contributed by atoms with van der Waals surface area (Å²) in [6.07, 6.45) is -1.60. The third-order valence-electron chi connectivity index (χ3n) is 0. The van der Waals surface area contributed by atoms with Gasteiger partial charge < -0.3 is 4.89 Å². The Morgan fingerprint density at radius 1 is 1.80 bits per heavy atom. The van der Waals surface area contributed by atoms with Crippen molar-refractivity contribution < 1.29 is 26.0 Å². The molecule has 1 nitrogen and oxygen atoms in total. The molecular weight excluding hydrogens is 207 g/mol. The second-order valence-electron chi connectivity index (χ2n) is 0.283. The number of thiol groups is 1. The molecule has 0 fully saturated rings. The average molecular weight is 210 g/mol. The third-order valence-corrected chi connectivity index (χ3v) is 0. The van der Waals surface area contributed by atoms with Crippen molar-refractivity contribution in [3.05, 3.63) is 0 Å². The van der Waals surface area contributed by atoms with Crippen molar-refractivity contribution >= 4 is 30.2 Å². The van der Waals surface area contributed by atoms with Crippen molar-refractivity contribution in [2.75, 3.05) is 0 Å². The summed E-state index contributed by atoms with van der Waals surface area (Å²) in [5.74, 6) is 0. The molecule has 5 heavy (non-hydrogen) atoms. The monoisotopic (exact) mass is 212 g/mol. The largest absolute Gasteiger partial charge is 0.359 e. The molecule has 5 heteroatoms. The van der Waals surface area contributed by atoms with Gasteiger partial charge in [0.05, 0.1) is 0 Å². The molecule has 0 aromatic carbocycles. The van der Waals surface area contributed by atoms with Gasteiger partial charge in [0.25, 0.3) is 0 Å². The molecule has 0 saturated heterocycles. The molecule has 0 bridgehead atoms. The van der Waals surface area contributed by atoms with E-state index in [1.807, 2.05) is 0 Å². The van der Waals surface area contributed by atoms with Gasteiger partial charge in [-0.1, -0.05) is 11.8 Å². The Hall–Kier alpha value is 1.65. The van der Waals surface area contributed by atoms with E-state index in [2.05, 4.69) is 24.1 Å². The van der Waals surface area contributed by atoms with Gasteiger partial charge in [0.15, 0.2) is 0 Å². The summed E-state index contributed by atoms with van der Waals surface area (Å²) in [6, 6.07) is 0. The van der Waals surface area contributed by atoms with Gasteiger partial charge in [-0.3, -0.25) is 0 Å². The van der Waals surface area contributed by atoms with E-state index in [4.69, 9.17) is 4.89 Å². The topological polar surface area (TPSA) is 20.2 Å². The van der Waals surface area contributed by atoms with Gasteiger partial charge in [0, 0.05) is 21.1 Å². The van der Waals surface area contributed by atoms with E-state index in [1.165, 1.54) is 0 Å². The summed E-state index contributed by atoms with van der Waals surface area (Å²) < 4.78 is 0. The van der Waals surface area contributed by atoms with Gasteiger partial charge in [0.2, 0.25) is 0 Å². The van der Waals surface area contributed by atoms with Crippen LogP contribution in [0.2, 0.25) is 0 Å². The van der Waals surface area contributed by atoms with Crippen LogP contribution in [-0.2, 0) is 32.9 Å². The summed E-state index contributed by atoms with van der Waals surface area (Å²) >= 11 is 7.58. The Balaban J connectivity index is 0. The SMILES string of the molecule is O[PH](=S)S.[Mo]. The van der Waals surface area contributed by atoms with Gasteiger partial charge in [-0.15, -0.1) is 12.2 Å². The quantitative estimate of drug-likeness (QED) is 0.343. The molecule has 1 unspecified atom stereocenters.